The number of primary amides is 1. The van der Waals surface area contributed by atoms with E-state index in [2.05, 4.69) is 10.6 Å². The lowest BCUT2D eigenvalue weighted by Gasteiger charge is -2.38. The minimum absolute atomic E-state index is 0. The van der Waals surface area contributed by atoms with Crippen molar-refractivity contribution in [1.29, 1.82) is 0 Å². The van der Waals surface area contributed by atoms with Crippen molar-refractivity contribution in [2.24, 2.45) is 11.1 Å². The first-order valence-corrected chi connectivity index (χ1v) is 7.75. The van der Waals surface area contributed by atoms with Gasteiger partial charge in [-0.1, -0.05) is 0 Å². The number of hydrogen-bond acceptors (Lipinski definition) is 3. The van der Waals surface area contributed by atoms with Crippen LogP contribution >= 0.6 is 12.4 Å². The van der Waals surface area contributed by atoms with Gasteiger partial charge in [0.2, 0.25) is 0 Å². The first-order chi connectivity index (χ1) is 10.6. The first-order valence-electron chi connectivity index (χ1n) is 7.75. The summed E-state index contributed by atoms with van der Waals surface area (Å²) >= 11 is 0. The van der Waals surface area contributed by atoms with Gasteiger partial charge >= 0.3 is 6.03 Å². The Balaban J connectivity index is 0.00000192. The molecule has 3 amide bonds. The Kier molecular flexibility index (Phi) is 5.49. The number of anilines is 1. The molecule has 7 heteroatoms. The van der Waals surface area contributed by atoms with E-state index in [4.69, 9.17) is 5.73 Å². The van der Waals surface area contributed by atoms with Crippen LogP contribution in [-0.2, 0) is 0 Å². The van der Waals surface area contributed by atoms with Crippen molar-refractivity contribution in [1.82, 2.24) is 10.2 Å². The molecule has 0 aromatic heterocycles. The van der Waals surface area contributed by atoms with Gasteiger partial charge in [0.15, 0.2) is 0 Å². The lowest BCUT2D eigenvalue weighted by Crippen LogP contribution is -2.44. The highest BCUT2D eigenvalue weighted by Gasteiger charge is 2.38. The summed E-state index contributed by atoms with van der Waals surface area (Å²) in [4.78, 5) is 25.3. The van der Waals surface area contributed by atoms with Crippen molar-refractivity contribution in [2.75, 3.05) is 31.5 Å². The molecule has 23 heavy (non-hydrogen) atoms. The SMILES string of the molecule is Cl.NC(=O)Nc1ccc(C(=O)N2CCC3(CCNC3)CC2)cc1. The zero-order chi connectivity index (χ0) is 15.6. The Hall–Kier alpha value is -1.79. The molecule has 1 spiro atoms. The molecule has 6 nitrogen and oxygen atoms in total. The van der Waals surface area contributed by atoms with E-state index in [0.717, 1.165) is 39.0 Å². The molecule has 0 unspecified atom stereocenters. The number of benzene rings is 1. The Labute approximate surface area is 142 Å². The molecular formula is C16H23ClN4O2. The summed E-state index contributed by atoms with van der Waals surface area (Å²) in [7, 11) is 0. The van der Waals surface area contributed by atoms with Crippen LogP contribution in [0.2, 0.25) is 0 Å². The molecule has 2 aliphatic heterocycles. The maximum Gasteiger partial charge on any atom is 0.316 e. The summed E-state index contributed by atoms with van der Waals surface area (Å²) < 4.78 is 0. The highest BCUT2D eigenvalue weighted by atomic mass is 35.5. The van der Waals surface area contributed by atoms with Crippen LogP contribution in [0.1, 0.15) is 29.6 Å². The molecule has 0 atom stereocenters. The van der Waals surface area contributed by atoms with Crippen molar-refractivity contribution in [3.8, 4) is 0 Å². The number of likely N-dealkylation sites (tertiary alicyclic amines) is 1. The smallest absolute Gasteiger partial charge is 0.316 e. The predicted molar refractivity (Wildman–Crippen MR) is 92.0 cm³/mol. The van der Waals surface area contributed by atoms with Crippen molar-refractivity contribution in [3.05, 3.63) is 29.8 Å². The monoisotopic (exact) mass is 338 g/mol. The molecule has 4 N–H and O–H groups in total. The van der Waals surface area contributed by atoms with Gasteiger partial charge < -0.3 is 21.3 Å². The maximum atomic E-state index is 12.5. The summed E-state index contributed by atoms with van der Waals surface area (Å²) in [6.07, 6.45) is 3.38. The number of halogens is 1. The minimum Gasteiger partial charge on any atom is -0.351 e. The van der Waals surface area contributed by atoms with E-state index in [9.17, 15) is 9.59 Å². The average Bonchev–Trinajstić information content (AvgIpc) is 2.96. The number of nitrogens with zero attached hydrogens (tertiary/aromatic N) is 1. The fourth-order valence-electron chi connectivity index (χ4n) is 3.43. The van der Waals surface area contributed by atoms with Crippen LogP contribution in [0.5, 0.6) is 0 Å². The van der Waals surface area contributed by atoms with Gasteiger partial charge in [0.05, 0.1) is 0 Å². The standard InChI is InChI=1S/C16H22N4O2.ClH/c17-15(22)19-13-3-1-12(2-4-13)14(21)20-9-6-16(7-10-20)5-8-18-11-16;/h1-4,18H,5-11H2,(H3,17,19,22);1H. The molecule has 2 aliphatic rings. The predicted octanol–water partition coefficient (Wildman–Crippen LogP) is 1.81. The van der Waals surface area contributed by atoms with Crippen LogP contribution in [0, 0.1) is 5.41 Å². The van der Waals surface area contributed by atoms with Gasteiger partial charge in [-0.15, -0.1) is 12.4 Å². The molecule has 0 aliphatic carbocycles. The normalized spacial score (nSPS) is 19.2. The van der Waals surface area contributed by atoms with E-state index >= 15 is 0 Å². The van der Waals surface area contributed by atoms with Gasteiger partial charge in [0.1, 0.15) is 0 Å². The Bertz CT molecular complexity index is 560. The molecule has 1 aromatic rings. The van der Waals surface area contributed by atoms with Gasteiger partial charge in [-0.25, -0.2) is 4.79 Å². The highest BCUT2D eigenvalue weighted by molar-refractivity contribution is 5.95. The second-order valence-corrected chi connectivity index (χ2v) is 6.29. The third-order valence-corrected chi connectivity index (χ3v) is 4.84. The molecule has 3 rings (SSSR count). The molecule has 2 fully saturated rings. The maximum absolute atomic E-state index is 12.5. The Morgan fingerprint density at radius 3 is 2.30 bits per heavy atom. The number of nitrogens with two attached hydrogens (primary N) is 1. The number of amides is 3. The van der Waals surface area contributed by atoms with Crippen molar-refractivity contribution >= 4 is 30.0 Å². The highest BCUT2D eigenvalue weighted by Crippen LogP contribution is 2.37. The lowest BCUT2D eigenvalue weighted by molar-refractivity contribution is 0.0607. The van der Waals surface area contributed by atoms with Crippen molar-refractivity contribution in [2.45, 2.75) is 19.3 Å². The summed E-state index contributed by atoms with van der Waals surface area (Å²) in [5, 5.41) is 5.92. The molecule has 126 valence electrons. The molecule has 2 heterocycles. The number of nitrogens with one attached hydrogen (secondary N) is 2. The third kappa shape index (κ3) is 3.95. The van der Waals surface area contributed by atoms with Crippen molar-refractivity contribution in [3.63, 3.8) is 0 Å². The van der Waals surface area contributed by atoms with Crippen LogP contribution in [0.15, 0.2) is 24.3 Å². The molecule has 2 saturated heterocycles. The van der Waals surface area contributed by atoms with Crippen LogP contribution in [0.3, 0.4) is 0 Å². The zero-order valence-electron chi connectivity index (χ0n) is 13.0. The number of urea groups is 1. The van der Waals surface area contributed by atoms with Crippen LogP contribution in [0.25, 0.3) is 0 Å². The minimum atomic E-state index is -0.606. The van der Waals surface area contributed by atoms with Crippen LogP contribution < -0.4 is 16.4 Å². The second-order valence-electron chi connectivity index (χ2n) is 6.29. The molecule has 0 radical (unpaired) electrons. The molecule has 0 saturated carbocycles. The topological polar surface area (TPSA) is 87.5 Å². The van der Waals surface area contributed by atoms with Gasteiger partial charge in [-0.2, -0.15) is 0 Å². The Morgan fingerprint density at radius 1 is 1.13 bits per heavy atom. The third-order valence-electron chi connectivity index (χ3n) is 4.84. The summed E-state index contributed by atoms with van der Waals surface area (Å²) in [6.45, 7) is 3.83. The first kappa shape index (κ1) is 17.6. The van der Waals surface area contributed by atoms with Gasteiger partial charge in [0, 0.05) is 30.9 Å². The van der Waals surface area contributed by atoms with Crippen molar-refractivity contribution < 1.29 is 9.59 Å². The fraction of sp³-hybridized carbons (Fsp3) is 0.500. The average molecular weight is 339 g/mol. The molecule has 1 aromatic carbocycles. The molecular weight excluding hydrogens is 316 g/mol. The fourth-order valence-corrected chi connectivity index (χ4v) is 3.43. The summed E-state index contributed by atoms with van der Waals surface area (Å²) in [5.74, 6) is 0.0615. The quantitative estimate of drug-likeness (QED) is 0.768. The second kappa shape index (κ2) is 7.19. The van der Waals surface area contributed by atoms with E-state index in [1.807, 2.05) is 4.90 Å². The van der Waals surface area contributed by atoms with Gasteiger partial charge in [-0.05, 0) is 55.5 Å². The zero-order valence-corrected chi connectivity index (χ0v) is 13.8. The van der Waals surface area contributed by atoms with E-state index in [1.54, 1.807) is 24.3 Å². The number of piperidine rings is 1. The molecule has 0 bridgehead atoms. The number of hydrogen-bond donors (Lipinski definition) is 3. The largest absolute Gasteiger partial charge is 0.351 e. The van der Waals surface area contributed by atoms with E-state index in [0.29, 0.717) is 16.7 Å². The summed E-state index contributed by atoms with van der Waals surface area (Å²) in [5.41, 5.74) is 6.72. The number of carbonyl (C=O) groups excluding carboxylic acids is 2. The number of rotatable bonds is 2. The van der Waals surface area contributed by atoms with E-state index in [-0.39, 0.29) is 18.3 Å². The number of carbonyl (C=O) groups is 2. The van der Waals surface area contributed by atoms with Gasteiger partial charge in [-0.3, -0.25) is 4.79 Å². The van der Waals surface area contributed by atoms with Crippen LogP contribution in [-0.4, -0.2) is 43.0 Å². The lowest BCUT2D eigenvalue weighted by atomic mass is 9.78. The van der Waals surface area contributed by atoms with E-state index in [1.165, 1.54) is 6.42 Å². The van der Waals surface area contributed by atoms with Gasteiger partial charge in [0.25, 0.3) is 5.91 Å². The Morgan fingerprint density at radius 2 is 1.78 bits per heavy atom. The summed E-state index contributed by atoms with van der Waals surface area (Å²) in [6, 6.07) is 6.25. The van der Waals surface area contributed by atoms with E-state index < -0.39 is 6.03 Å². The van der Waals surface area contributed by atoms with Crippen LogP contribution in [0.4, 0.5) is 10.5 Å².